The van der Waals surface area contributed by atoms with Crippen LogP contribution in [0.15, 0.2) is 23.1 Å². The number of thioether (sulfide) groups is 1. The Hall–Kier alpha value is -0.830. The van der Waals surface area contributed by atoms with Crippen LogP contribution in [0.25, 0.3) is 0 Å². The Balaban J connectivity index is 3.14. The van der Waals surface area contributed by atoms with E-state index in [0.717, 1.165) is 4.90 Å². The number of para-hydroxylation sites is 1. The minimum atomic E-state index is 0.159. The Morgan fingerprint density at radius 3 is 2.70 bits per heavy atom. The third-order valence-corrected chi connectivity index (χ3v) is 2.06. The number of anilines is 1. The minimum Gasteiger partial charge on any atom is -0.506 e. The Kier molecular flexibility index (Phi) is 2.06. The fourth-order valence-electron chi connectivity index (χ4n) is 0.710. The molecule has 0 fully saturated rings. The lowest BCUT2D eigenvalue weighted by Crippen LogP contribution is -1.87. The van der Waals surface area contributed by atoms with E-state index in [1.807, 2.05) is 12.3 Å². The van der Waals surface area contributed by atoms with E-state index in [2.05, 4.69) is 0 Å². The Bertz CT molecular complexity index is 237. The van der Waals surface area contributed by atoms with Crippen molar-refractivity contribution in [3.05, 3.63) is 18.2 Å². The van der Waals surface area contributed by atoms with Crippen LogP contribution in [-0.4, -0.2) is 11.4 Å². The van der Waals surface area contributed by atoms with Gasteiger partial charge < -0.3 is 10.8 Å². The van der Waals surface area contributed by atoms with Gasteiger partial charge in [0.15, 0.2) is 0 Å². The summed E-state index contributed by atoms with van der Waals surface area (Å²) in [5.41, 5.74) is 5.99. The van der Waals surface area contributed by atoms with Crippen molar-refractivity contribution in [2.24, 2.45) is 0 Å². The molecule has 54 valence electrons. The standard InChI is InChI=1S/C7H9NOS/c1-10-6-4-2-3-5(9)7(6)8/h2-4,9H,8H2,1H3. The molecule has 0 aromatic heterocycles. The van der Waals surface area contributed by atoms with Crippen LogP contribution in [0.5, 0.6) is 5.75 Å². The molecule has 0 radical (unpaired) electrons. The molecule has 0 saturated heterocycles. The summed E-state index contributed by atoms with van der Waals surface area (Å²) in [6, 6.07) is 5.23. The van der Waals surface area contributed by atoms with Crippen molar-refractivity contribution in [1.82, 2.24) is 0 Å². The van der Waals surface area contributed by atoms with E-state index >= 15 is 0 Å². The number of phenolic OH excluding ortho intramolecular Hbond substituents is 1. The van der Waals surface area contributed by atoms with Crippen LogP contribution < -0.4 is 5.73 Å². The van der Waals surface area contributed by atoms with Crippen molar-refractivity contribution in [2.75, 3.05) is 12.0 Å². The summed E-state index contributed by atoms with van der Waals surface area (Å²) in [6.07, 6.45) is 1.92. The number of benzene rings is 1. The second kappa shape index (κ2) is 2.84. The first-order valence-corrected chi connectivity index (χ1v) is 4.09. The third-order valence-electron chi connectivity index (χ3n) is 1.26. The highest BCUT2D eigenvalue weighted by molar-refractivity contribution is 7.98. The first-order valence-electron chi connectivity index (χ1n) is 2.87. The number of nitrogen functional groups attached to an aromatic ring is 1. The van der Waals surface area contributed by atoms with E-state index in [4.69, 9.17) is 10.8 Å². The maximum atomic E-state index is 9.09. The van der Waals surface area contributed by atoms with Gasteiger partial charge in [-0.3, -0.25) is 0 Å². The van der Waals surface area contributed by atoms with E-state index in [1.54, 1.807) is 12.1 Å². The van der Waals surface area contributed by atoms with Gasteiger partial charge in [-0.2, -0.15) is 0 Å². The zero-order valence-corrected chi connectivity index (χ0v) is 6.48. The van der Waals surface area contributed by atoms with Gasteiger partial charge in [-0.25, -0.2) is 0 Å². The highest BCUT2D eigenvalue weighted by Crippen LogP contribution is 2.29. The second-order valence-electron chi connectivity index (χ2n) is 1.89. The van der Waals surface area contributed by atoms with Gasteiger partial charge in [0.2, 0.25) is 0 Å². The van der Waals surface area contributed by atoms with Crippen LogP contribution in [0.2, 0.25) is 0 Å². The summed E-state index contributed by atoms with van der Waals surface area (Å²) >= 11 is 1.52. The molecule has 0 unspecified atom stereocenters. The molecule has 0 spiro atoms. The van der Waals surface area contributed by atoms with Crippen LogP contribution >= 0.6 is 11.8 Å². The molecule has 2 nitrogen and oxygen atoms in total. The van der Waals surface area contributed by atoms with Gasteiger partial charge in [0.05, 0.1) is 5.69 Å². The average Bonchev–Trinajstić information content (AvgIpc) is 1.95. The molecule has 0 saturated carbocycles. The fraction of sp³-hybridized carbons (Fsp3) is 0.143. The van der Waals surface area contributed by atoms with Gasteiger partial charge in [-0.1, -0.05) is 6.07 Å². The van der Waals surface area contributed by atoms with Crippen LogP contribution in [0.1, 0.15) is 0 Å². The molecule has 3 N–H and O–H groups in total. The van der Waals surface area contributed by atoms with E-state index in [9.17, 15) is 0 Å². The largest absolute Gasteiger partial charge is 0.506 e. The molecule has 0 heterocycles. The summed E-state index contributed by atoms with van der Waals surface area (Å²) in [5.74, 6) is 0.159. The molecule has 0 aliphatic carbocycles. The minimum absolute atomic E-state index is 0.159. The van der Waals surface area contributed by atoms with Gasteiger partial charge >= 0.3 is 0 Å². The summed E-state index contributed by atoms with van der Waals surface area (Å²) in [4.78, 5) is 0.917. The molecule has 10 heavy (non-hydrogen) atoms. The summed E-state index contributed by atoms with van der Waals surface area (Å²) in [6.45, 7) is 0. The van der Waals surface area contributed by atoms with Crippen molar-refractivity contribution in [3.8, 4) is 5.75 Å². The predicted molar refractivity (Wildman–Crippen MR) is 44.3 cm³/mol. The molecular weight excluding hydrogens is 146 g/mol. The molecule has 0 aliphatic rings. The Labute approximate surface area is 64.1 Å². The highest BCUT2D eigenvalue weighted by atomic mass is 32.2. The van der Waals surface area contributed by atoms with Crippen molar-refractivity contribution in [2.45, 2.75) is 4.90 Å². The van der Waals surface area contributed by atoms with E-state index < -0.39 is 0 Å². The van der Waals surface area contributed by atoms with Crippen molar-refractivity contribution < 1.29 is 5.11 Å². The van der Waals surface area contributed by atoms with Crippen LogP contribution in [-0.2, 0) is 0 Å². The van der Waals surface area contributed by atoms with Gasteiger partial charge in [0, 0.05) is 4.90 Å². The predicted octanol–water partition coefficient (Wildman–Crippen LogP) is 1.70. The normalized spacial score (nSPS) is 9.70. The summed E-state index contributed by atoms with van der Waals surface area (Å²) in [7, 11) is 0. The second-order valence-corrected chi connectivity index (χ2v) is 2.74. The number of aromatic hydroxyl groups is 1. The molecule has 0 atom stereocenters. The van der Waals surface area contributed by atoms with Crippen molar-refractivity contribution in [1.29, 1.82) is 0 Å². The van der Waals surface area contributed by atoms with E-state index in [1.165, 1.54) is 11.8 Å². The maximum absolute atomic E-state index is 9.09. The molecular formula is C7H9NOS. The summed E-state index contributed by atoms with van der Waals surface area (Å²) < 4.78 is 0. The van der Waals surface area contributed by atoms with Crippen molar-refractivity contribution >= 4 is 17.4 Å². The van der Waals surface area contributed by atoms with Crippen LogP contribution in [0.4, 0.5) is 5.69 Å². The Morgan fingerprint density at radius 2 is 2.20 bits per heavy atom. The van der Waals surface area contributed by atoms with Gasteiger partial charge in [0.25, 0.3) is 0 Å². The maximum Gasteiger partial charge on any atom is 0.139 e. The first-order chi connectivity index (χ1) is 4.75. The monoisotopic (exact) mass is 155 g/mol. The molecule has 0 bridgehead atoms. The number of hydrogen-bond acceptors (Lipinski definition) is 3. The van der Waals surface area contributed by atoms with Gasteiger partial charge in [-0.15, -0.1) is 11.8 Å². The van der Waals surface area contributed by atoms with E-state index in [-0.39, 0.29) is 5.75 Å². The van der Waals surface area contributed by atoms with Crippen LogP contribution in [0, 0.1) is 0 Å². The van der Waals surface area contributed by atoms with Crippen molar-refractivity contribution in [3.63, 3.8) is 0 Å². The average molecular weight is 155 g/mol. The summed E-state index contributed by atoms with van der Waals surface area (Å²) in [5, 5.41) is 9.09. The van der Waals surface area contributed by atoms with Gasteiger partial charge in [-0.05, 0) is 18.4 Å². The topological polar surface area (TPSA) is 46.2 Å². The van der Waals surface area contributed by atoms with E-state index in [0.29, 0.717) is 5.69 Å². The number of rotatable bonds is 1. The lowest BCUT2D eigenvalue weighted by Gasteiger charge is -2.02. The number of phenols is 1. The quantitative estimate of drug-likeness (QED) is 0.368. The fourth-order valence-corrected chi connectivity index (χ4v) is 1.25. The highest BCUT2D eigenvalue weighted by Gasteiger charge is 1.99. The molecule has 0 aliphatic heterocycles. The molecule has 1 aromatic rings. The molecule has 1 rings (SSSR count). The van der Waals surface area contributed by atoms with Gasteiger partial charge in [0.1, 0.15) is 5.75 Å². The number of hydrogen-bond donors (Lipinski definition) is 2. The zero-order chi connectivity index (χ0) is 7.56. The lowest BCUT2D eigenvalue weighted by molar-refractivity contribution is 0.477. The SMILES string of the molecule is CSc1cccc(O)c1N. The smallest absolute Gasteiger partial charge is 0.139 e. The zero-order valence-electron chi connectivity index (χ0n) is 5.66. The van der Waals surface area contributed by atoms with Crippen LogP contribution in [0.3, 0.4) is 0 Å². The Morgan fingerprint density at radius 1 is 1.50 bits per heavy atom. The molecule has 3 heteroatoms. The molecule has 1 aromatic carbocycles. The molecule has 0 amide bonds. The first kappa shape index (κ1) is 7.28. The third kappa shape index (κ3) is 1.19. The lowest BCUT2D eigenvalue weighted by atomic mass is 10.3. The number of nitrogens with two attached hydrogens (primary N) is 1.